The number of hydroxylamine groups is 2. The molecule has 0 bridgehead atoms. The first-order valence-electron chi connectivity index (χ1n) is 10.6. The molecule has 0 saturated carbocycles. The van der Waals surface area contributed by atoms with Gasteiger partial charge in [-0.25, -0.2) is 4.79 Å². The number of fused-ring (bicyclic) bond motifs is 2. The van der Waals surface area contributed by atoms with Crippen LogP contribution in [0.5, 0.6) is 5.75 Å². The Labute approximate surface area is 199 Å². The number of thioether (sulfide) groups is 1. The zero-order valence-electron chi connectivity index (χ0n) is 18.2. The number of carbonyl (C=O) groups is 4. The highest BCUT2D eigenvalue weighted by atomic mass is 32.2. The molecular weight excluding hydrogens is 458 g/mol. The molecule has 0 radical (unpaired) electrons. The van der Waals surface area contributed by atoms with Gasteiger partial charge in [-0.05, 0) is 35.4 Å². The van der Waals surface area contributed by atoms with Crippen molar-refractivity contribution in [2.45, 2.75) is 17.8 Å². The minimum atomic E-state index is -0.754. The lowest BCUT2D eigenvalue weighted by atomic mass is 10.0. The third-order valence-corrected chi connectivity index (χ3v) is 7.20. The SMILES string of the molecule is COc1ccc(C(=O)N2CC3=C(C(=O)O2)N2C(=O)[C@@H](NC(=O)Cc4ccccc4)[C@H]2SC3)cc1. The first-order chi connectivity index (χ1) is 16.5. The van der Waals surface area contributed by atoms with Crippen LogP contribution < -0.4 is 10.1 Å². The van der Waals surface area contributed by atoms with Gasteiger partial charge in [0.25, 0.3) is 11.8 Å². The third kappa shape index (κ3) is 3.90. The van der Waals surface area contributed by atoms with Gasteiger partial charge in [0.2, 0.25) is 5.91 Å². The van der Waals surface area contributed by atoms with Gasteiger partial charge in [-0.15, -0.1) is 11.8 Å². The van der Waals surface area contributed by atoms with Gasteiger partial charge in [0.15, 0.2) is 0 Å². The van der Waals surface area contributed by atoms with Crippen molar-refractivity contribution >= 4 is 35.5 Å². The summed E-state index contributed by atoms with van der Waals surface area (Å²) in [4.78, 5) is 57.5. The lowest BCUT2D eigenvalue weighted by Gasteiger charge is -2.51. The number of hydrogen-bond acceptors (Lipinski definition) is 7. The Bertz CT molecular complexity index is 1200. The van der Waals surface area contributed by atoms with E-state index in [9.17, 15) is 19.2 Å². The Morgan fingerprint density at radius 1 is 1.12 bits per heavy atom. The maximum absolute atomic E-state index is 12.8. The molecule has 10 heteroatoms. The number of carbonyl (C=O) groups excluding carboxylic acids is 4. The van der Waals surface area contributed by atoms with Gasteiger partial charge in [-0.2, -0.15) is 5.06 Å². The fraction of sp³-hybridized carbons (Fsp3) is 0.250. The van der Waals surface area contributed by atoms with Crippen molar-refractivity contribution in [3.63, 3.8) is 0 Å². The topological polar surface area (TPSA) is 105 Å². The molecule has 9 nitrogen and oxygen atoms in total. The molecule has 2 aromatic rings. The van der Waals surface area contributed by atoms with Crippen LogP contribution in [0.1, 0.15) is 15.9 Å². The number of benzene rings is 2. The molecule has 5 rings (SSSR count). The molecular formula is C24H21N3O6S. The summed E-state index contributed by atoms with van der Waals surface area (Å²) in [6.07, 6.45) is 0.167. The van der Waals surface area contributed by atoms with Gasteiger partial charge in [-0.1, -0.05) is 30.3 Å². The van der Waals surface area contributed by atoms with Gasteiger partial charge < -0.3 is 14.9 Å². The zero-order valence-corrected chi connectivity index (χ0v) is 19.0. The van der Waals surface area contributed by atoms with Crippen LogP contribution in [-0.2, 0) is 25.6 Å². The quantitative estimate of drug-likeness (QED) is 0.648. The monoisotopic (exact) mass is 479 g/mol. The number of methoxy groups -OCH3 is 1. The van der Waals surface area contributed by atoms with Crippen LogP contribution in [0.4, 0.5) is 0 Å². The lowest BCUT2D eigenvalue weighted by molar-refractivity contribution is -0.180. The van der Waals surface area contributed by atoms with Crippen molar-refractivity contribution in [2.75, 3.05) is 19.4 Å². The Morgan fingerprint density at radius 2 is 1.85 bits per heavy atom. The van der Waals surface area contributed by atoms with E-state index in [0.29, 0.717) is 22.6 Å². The van der Waals surface area contributed by atoms with Crippen LogP contribution in [0.3, 0.4) is 0 Å². The first kappa shape index (κ1) is 22.0. The number of nitrogens with one attached hydrogen (secondary N) is 1. The molecule has 3 aliphatic rings. The second-order valence-corrected chi connectivity index (χ2v) is 9.12. The van der Waals surface area contributed by atoms with E-state index < -0.39 is 17.9 Å². The summed E-state index contributed by atoms with van der Waals surface area (Å²) in [5.41, 5.74) is 2.01. The smallest absolute Gasteiger partial charge is 0.379 e. The summed E-state index contributed by atoms with van der Waals surface area (Å²) in [6, 6.07) is 15.0. The predicted molar refractivity (Wildman–Crippen MR) is 122 cm³/mol. The van der Waals surface area contributed by atoms with E-state index in [4.69, 9.17) is 9.57 Å². The second kappa shape index (κ2) is 8.86. The van der Waals surface area contributed by atoms with E-state index >= 15 is 0 Å². The Morgan fingerprint density at radius 3 is 2.56 bits per heavy atom. The van der Waals surface area contributed by atoms with Gasteiger partial charge >= 0.3 is 5.97 Å². The van der Waals surface area contributed by atoms with Crippen LogP contribution in [0.25, 0.3) is 0 Å². The molecule has 1 saturated heterocycles. The number of nitrogens with zero attached hydrogens (tertiary/aromatic N) is 2. The molecule has 0 spiro atoms. The minimum Gasteiger partial charge on any atom is -0.497 e. The second-order valence-electron chi connectivity index (χ2n) is 8.02. The first-order valence-corrected chi connectivity index (χ1v) is 11.7. The van der Waals surface area contributed by atoms with Crippen molar-refractivity contribution in [3.05, 3.63) is 77.0 Å². The highest BCUT2D eigenvalue weighted by Gasteiger charge is 2.55. The molecule has 0 aliphatic carbocycles. The van der Waals surface area contributed by atoms with Crippen LogP contribution >= 0.6 is 11.8 Å². The third-order valence-electron chi connectivity index (χ3n) is 5.86. The predicted octanol–water partition coefficient (Wildman–Crippen LogP) is 1.51. The standard InChI is InChI=1S/C24H21N3O6S/c1-32-17-9-7-15(8-10-17)21(29)26-12-16-13-34-23-19(22(30)27(23)20(16)24(31)33-26)25-18(28)11-14-5-3-2-4-6-14/h2-10,19,23H,11-13H2,1H3,(H,25,28)/t19-,23-/m1/s1. The zero-order chi connectivity index (χ0) is 23.8. The summed E-state index contributed by atoms with van der Waals surface area (Å²) in [6.45, 7) is 0.0699. The molecule has 0 unspecified atom stereocenters. The van der Waals surface area contributed by atoms with E-state index in [-0.39, 0.29) is 35.9 Å². The molecule has 174 valence electrons. The van der Waals surface area contributed by atoms with Crippen molar-refractivity contribution in [1.29, 1.82) is 0 Å². The van der Waals surface area contributed by atoms with E-state index in [0.717, 1.165) is 10.6 Å². The number of ether oxygens (including phenoxy) is 1. The summed E-state index contributed by atoms with van der Waals surface area (Å²) >= 11 is 1.45. The lowest BCUT2D eigenvalue weighted by Crippen LogP contribution is -2.71. The van der Waals surface area contributed by atoms with Gasteiger partial charge in [-0.3, -0.25) is 19.3 Å². The summed E-state index contributed by atoms with van der Waals surface area (Å²) in [7, 11) is 1.53. The average Bonchev–Trinajstić information content (AvgIpc) is 2.86. The summed E-state index contributed by atoms with van der Waals surface area (Å²) < 4.78 is 5.10. The molecule has 3 aliphatic heterocycles. The number of rotatable bonds is 5. The van der Waals surface area contributed by atoms with E-state index in [1.165, 1.54) is 23.8 Å². The van der Waals surface area contributed by atoms with E-state index in [2.05, 4.69) is 5.32 Å². The summed E-state index contributed by atoms with van der Waals surface area (Å²) in [5.74, 6) is -0.791. The average molecular weight is 480 g/mol. The fourth-order valence-corrected chi connectivity index (χ4v) is 5.47. The van der Waals surface area contributed by atoms with Crippen molar-refractivity contribution in [3.8, 4) is 5.75 Å². The molecule has 1 N–H and O–H groups in total. The molecule has 0 aromatic heterocycles. The maximum atomic E-state index is 12.8. The number of hydrogen-bond donors (Lipinski definition) is 1. The fourth-order valence-electron chi connectivity index (χ4n) is 4.14. The number of β-lactam (4-membered cyclic amide) rings is 1. The van der Waals surface area contributed by atoms with Crippen molar-refractivity contribution < 1.29 is 28.8 Å². The van der Waals surface area contributed by atoms with Crippen LogP contribution in [-0.4, -0.2) is 64.5 Å². The molecule has 2 atom stereocenters. The van der Waals surface area contributed by atoms with Crippen LogP contribution in [0, 0.1) is 0 Å². The van der Waals surface area contributed by atoms with Crippen LogP contribution in [0.2, 0.25) is 0 Å². The molecule has 34 heavy (non-hydrogen) atoms. The van der Waals surface area contributed by atoms with Crippen molar-refractivity contribution in [1.82, 2.24) is 15.3 Å². The van der Waals surface area contributed by atoms with E-state index in [1.54, 1.807) is 24.3 Å². The maximum Gasteiger partial charge on any atom is 0.379 e. The van der Waals surface area contributed by atoms with Gasteiger partial charge in [0.1, 0.15) is 22.9 Å². The van der Waals surface area contributed by atoms with Crippen molar-refractivity contribution in [2.24, 2.45) is 0 Å². The number of amides is 3. The molecule has 3 heterocycles. The molecule has 2 aromatic carbocycles. The van der Waals surface area contributed by atoms with Gasteiger partial charge in [0, 0.05) is 11.3 Å². The molecule has 1 fully saturated rings. The summed E-state index contributed by atoms with van der Waals surface area (Å²) in [5, 5.41) is 3.40. The largest absolute Gasteiger partial charge is 0.497 e. The molecule has 3 amide bonds. The van der Waals surface area contributed by atoms with E-state index in [1.807, 2.05) is 30.3 Å². The van der Waals surface area contributed by atoms with Crippen LogP contribution in [0.15, 0.2) is 65.9 Å². The highest BCUT2D eigenvalue weighted by molar-refractivity contribution is 8.00. The highest BCUT2D eigenvalue weighted by Crippen LogP contribution is 2.42. The normalized spacial score (nSPS) is 21.2. The Balaban J connectivity index is 1.26. The van der Waals surface area contributed by atoms with Gasteiger partial charge in [0.05, 0.1) is 20.1 Å². The Hall–Kier alpha value is -3.79. The minimum absolute atomic E-state index is 0.0699. The Kier molecular flexibility index (Phi) is 5.74.